The summed E-state index contributed by atoms with van der Waals surface area (Å²) in [7, 11) is 2.42. The first-order valence-corrected chi connectivity index (χ1v) is 9.86. The molecule has 0 amide bonds. The van der Waals surface area contributed by atoms with Crippen LogP contribution in [0.25, 0.3) is 0 Å². The topological polar surface area (TPSA) is 12.0 Å². The van der Waals surface area contributed by atoms with Crippen LogP contribution in [0.2, 0.25) is 0 Å². The lowest BCUT2D eigenvalue weighted by Gasteiger charge is -2.25. The van der Waals surface area contributed by atoms with Gasteiger partial charge in [0.2, 0.25) is 0 Å². The molecule has 19 heavy (non-hydrogen) atoms. The Bertz CT molecular complexity index is 318. The fourth-order valence-electron chi connectivity index (χ4n) is 4.22. The third-order valence-corrected chi connectivity index (χ3v) is 10.5. The van der Waals surface area contributed by atoms with Crippen LogP contribution in [-0.2, 0) is 0 Å². The van der Waals surface area contributed by atoms with Crippen molar-refractivity contribution in [1.82, 2.24) is 5.32 Å². The van der Waals surface area contributed by atoms with Crippen molar-refractivity contribution in [1.29, 1.82) is 0 Å². The van der Waals surface area contributed by atoms with E-state index in [9.17, 15) is 0 Å². The van der Waals surface area contributed by atoms with Gasteiger partial charge in [0.1, 0.15) is 0 Å². The molecule has 2 heteroatoms. The van der Waals surface area contributed by atoms with Crippen molar-refractivity contribution in [3.05, 3.63) is 0 Å². The van der Waals surface area contributed by atoms with E-state index in [0.717, 1.165) is 28.8 Å². The zero-order valence-electron chi connectivity index (χ0n) is 14.0. The van der Waals surface area contributed by atoms with Crippen LogP contribution in [0, 0.1) is 17.3 Å². The van der Waals surface area contributed by atoms with Crippen LogP contribution in [0.4, 0.5) is 0 Å². The van der Waals surface area contributed by atoms with Crippen molar-refractivity contribution in [2.45, 2.75) is 83.8 Å². The molecule has 8 atom stereocenters. The molecule has 0 spiro atoms. The number of hydrogen-bond acceptors (Lipinski definition) is 1. The van der Waals surface area contributed by atoms with E-state index in [1.165, 1.54) is 19.3 Å². The van der Waals surface area contributed by atoms with Gasteiger partial charge < -0.3 is 5.32 Å². The van der Waals surface area contributed by atoms with Gasteiger partial charge in [0.25, 0.3) is 0 Å². The predicted molar refractivity (Wildman–Crippen MR) is 88.4 cm³/mol. The lowest BCUT2D eigenvalue weighted by atomic mass is 9.97. The van der Waals surface area contributed by atoms with Gasteiger partial charge >= 0.3 is 0 Å². The maximum Gasteiger partial charge on any atom is 0.00615 e. The smallest absolute Gasteiger partial charge is 0.00615 e. The van der Waals surface area contributed by atoms with Crippen LogP contribution >= 0.6 is 7.92 Å². The van der Waals surface area contributed by atoms with Gasteiger partial charge in [0.15, 0.2) is 0 Å². The van der Waals surface area contributed by atoms with E-state index in [2.05, 4.69) is 53.9 Å². The second-order valence-electron chi connectivity index (χ2n) is 7.58. The first-order chi connectivity index (χ1) is 8.86. The molecule has 0 radical (unpaired) electrons. The Morgan fingerprint density at radius 1 is 1.32 bits per heavy atom. The van der Waals surface area contributed by atoms with E-state index < -0.39 is 0 Å². The van der Waals surface area contributed by atoms with Crippen molar-refractivity contribution in [2.24, 2.45) is 17.3 Å². The van der Waals surface area contributed by atoms with Crippen molar-refractivity contribution < 1.29 is 0 Å². The summed E-state index contributed by atoms with van der Waals surface area (Å²) in [6.45, 7) is 14.8. The Hall–Kier alpha value is 0.390. The normalized spacial score (nSPS) is 45.6. The van der Waals surface area contributed by atoms with E-state index in [1.54, 1.807) is 0 Å². The average Bonchev–Trinajstić information content (AvgIpc) is 3.19. The summed E-state index contributed by atoms with van der Waals surface area (Å²) in [6, 6.07) is 0.667. The molecule has 2 fully saturated rings. The zero-order chi connectivity index (χ0) is 14.4. The molecule has 8 unspecified atom stereocenters. The Balaban J connectivity index is 1.92. The zero-order valence-corrected chi connectivity index (χ0v) is 14.9. The van der Waals surface area contributed by atoms with Crippen molar-refractivity contribution in [3.63, 3.8) is 0 Å². The Kier molecular flexibility index (Phi) is 4.69. The number of nitrogens with one attached hydrogen (secondary N) is 1. The monoisotopic (exact) mass is 283 g/mol. The van der Waals surface area contributed by atoms with Crippen LogP contribution in [0.15, 0.2) is 0 Å². The van der Waals surface area contributed by atoms with Gasteiger partial charge in [-0.05, 0) is 67.5 Å². The molecular formula is C17H34NP. The van der Waals surface area contributed by atoms with Gasteiger partial charge in [0, 0.05) is 6.04 Å². The fraction of sp³-hybridized carbons (Fsp3) is 1.00. The first-order valence-electron chi connectivity index (χ1n) is 8.31. The maximum absolute atomic E-state index is 3.43. The highest BCUT2D eigenvalue weighted by Gasteiger charge is 2.61. The third kappa shape index (κ3) is 2.88. The second-order valence-corrected chi connectivity index (χ2v) is 10.6. The minimum Gasteiger partial charge on any atom is -0.317 e. The van der Waals surface area contributed by atoms with Crippen LogP contribution in [-0.4, -0.2) is 30.1 Å². The second kappa shape index (κ2) is 5.64. The largest absolute Gasteiger partial charge is 0.317 e. The molecule has 2 aliphatic rings. The van der Waals surface area contributed by atoms with Crippen LogP contribution in [0.1, 0.15) is 60.8 Å². The van der Waals surface area contributed by atoms with Gasteiger partial charge in [-0.1, -0.05) is 42.5 Å². The summed E-state index contributed by atoms with van der Waals surface area (Å²) in [6.07, 6.45) is 4.37. The molecule has 1 heterocycles. The molecule has 0 bridgehead atoms. The highest BCUT2D eigenvalue weighted by molar-refractivity contribution is 7.68. The van der Waals surface area contributed by atoms with Crippen molar-refractivity contribution >= 4 is 7.92 Å². The summed E-state index contributed by atoms with van der Waals surface area (Å²) < 4.78 is 0. The highest BCUT2D eigenvalue weighted by atomic mass is 31.1. The van der Waals surface area contributed by atoms with E-state index in [1.807, 2.05) is 0 Å². The summed E-state index contributed by atoms with van der Waals surface area (Å²) in [5, 5.41) is 3.43. The Morgan fingerprint density at radius 3 is 2.32 bits per heavy atom. The number of hydrogen-bond donors (Lipinski definition) is 1. The lowest BCUT2D eigenvalue weighted by Crippen LogP contribution is -2.29. The quantitative estimate of drug-likeness (QED) is 0.668. The third-order valence-electron chi connectivity index (χ3n) is 6.46. The van der Waals surface area contributed by atoms with E-state index in [-0.39, 0.29) is 0 Å². The first kappa shape index (κ1) is 15.8. The minimum atomic E-state index is 0.319. The molecule has 2 rings (SSSR count). The molecule has 1 aliphatic heterocycles. The minimum absolute atomic E-state index is 0.319. The summed E-state index contributed by atoms with van der Waals surface area (Å²) in [5.74, 6) is 1.81. The van der Waals surface area contributed by atoms with Gasteiger partial charge in [-0.15, -0.1) is 0 Å². The molecule has 112 valence electrons. The van der Waals surface area contributed by atoms with Crippen molar-refractivity contribution in [3.8, 4) is 0 Å². The molecule has 1 saturated carbocycles. The molecule has 0 aromatic heterocycles. The Morgan fingerprint density at radius 2 is 1.89 bits per heavy atom. The maximum atomic E-state index is 3.43. The molecule has 1 saturated heterocycles. The highest BCUT2D eigenvalue weighted by Crippen LogP contribution is 2.78. The Labute approximate surface area is 122 Å². The van der Waals surface area contributed by atoms with Crippen LogP contribution in [0.5, 0.6) is 0 Å². The van der Waals surface area contributed by atoms with Gasteiger partial charge in [-0.2, -0.15) is 0 Å². The lowest BCUT2D eigenvalue weighted by molar-refractivity contribution is 0.403. The van der Waals surface area contributed by atoms with Crippen LogP contribution < -0.4 is 5.32 Å². The molecule has 1 N–H and O–H groups in total. The van der Waals surface area contributed by atoms with Crippen molar-refractivity contribution in [2.75, 3.05) is 7.05 Å². The van der Waals surface area contributed by atoms with E-state index in [4.69, 9.17) is 0 Å². The molecule has 0 aromatic carbocycles. The average molecular weight is 283 g/mol. The van der Waals surface area contributed by atoms with Gasteiger partial charge in [-0.25, -0.2) is 0 Å². The standard InChI is InChI=1S/C17H34NP/c1-8-16(17(6)10-12(17)3)19-14(5)15(19)9-11(2)13(4)18-7/h11-16,18H,8-10H2,1-7H3. The summed E-state index contributed by atoms with van der Waals surface area (Å²) >= 11 is 0. The summed E-state index contributed by atoms with van der Waals surface area (Å²) in [4.78, 5) is 0. The van der Waals surface area contributed by atoms with E-state index in [0.29, 0.717) is 19.4 Å². The predicted octanol–water partition coefficient (Wildman–Crippen LogP) is 4.70. The van der Waals surface area contributed by atoms with Gasteiger partial charge in [0.05, 0.1) is 0 Å². The van der Waals surface area contributed by atoms with Gasteiger partial charge in [-0.3, -0.25) is 0 Å². The fourth-order valence-corrected chi connectivity index (χ4v) is 8.52. The van der Waals surface area contributed by atoms with Crippen LogP contribution in [0.3, 0.4) is 0 Å². The summed E-state index contributed by atoms with van der Waals surface area (Å²) in [5.41, 5.74) is 3.86. The molecule has 0 aromatic rings. The molecular weight excluding hydrogens is 249 g/mol. The molecule has 1 nitrogen and oxygen atoms in total. The SMILES string of the molecule is CCC(P1C(C)C1CC(C)C(C)NC)C1(C)CC1C. The molecule has 1 aliphatic carbocycles. The number of rotatable bonds is 7. The van der Waals surface area contributed by atoms with E-state index >= 15 is 0 Å².